The summed E-state index contributed by atoms with van der Waals surface area (Å²) in [5.41, 5.74) is 10.4. The average molecular weight is 779 g/mol. The quantitative estimate of drug-likeness (QED) is 0.168. The van der Waals surface area contributed by atoms with Gasteiger partial charge in [-0.2, -0.15) is 0 Å². The van der Waals surface area contributed by atoms with Gasteiger partial charge in [0.15, 0.2) is 0 Å². The van der Waals surface area contributed by atoms with E-state index in [1.54, 1.807) is 11.8 Å². The Labute approximate surface area is 282 Å². The molecule has 231 valence electrons. The number of furan rings is 1. The second kappa shape index (κ2) is 12.1. The third-order valence-corrected chi connectivity index (χ3v) is 9.39. The van der Waals surface area contributed by atoms with Crippen LogP contribution in [-0.2, 0) is 25.6 Å². The molecule has 1 aliphatic carbocycles. The summed E-state index contributed by atoms with van der Waals surface area (Å²) >= 11 is 0. The molecule has 1 saturated carbocycles. The molecule has 5 heterocycles. The van der Waals surface area contributed by atoms with Crippen molar-refractivity contribution in [1.29, 1.82) is 0 Å². The third kappa shape index (κ3) is 5.10. The standard InChI is InChI=1S/C23H23N2.C17H11N2O.Ir/c1-23(2)19(16-9-6-7-10-16)15-18-13-8-14-20-21(18)25(23)22(24-20)17-11-4-3-5-12-17;1-11-8-9-13-12-5-4-6-14(15-7-2-3-10-18-15)16(12)20-17(13)19-11;/h3-5,8,11,13-16H,6-7,9-10H2,1-2H3;2-5,7-10H,1H3;/q2*-1;. The van der Waals surface area contributed by atoms with Crippen molar-refractivity contribution in [2.24, 2.45) is 5.92 Å². The van der Waals surface area contributed by atoms with Crippen molar-refractivity contribution in [3.8, 4) is 22.6 Å². The fraction of sp³-hybridized carbons (Fsp3) is 0.225. The molecule has 0 bridgehead atoms. The van der Waals surface area contributed by atoms with E-state index in [9.17, 15) is 0 Å². The summed E-state index contributed by atoms with van der Waals surface area (Å²) in [6.07, 6.45) is 9.59. The van der Waals surface area contributed by atoms with Gasteiger partial charge in [0.2, 0.25) is 5.71 Å². The number of pyridine rings is 2. The van der Waals surface area contributed by atoms with Gasteiger partial charge in [-0.25, -0.2) is 4.98 Å². The zero-order valence-electron chi connectivity index (χ0n) is 26.2. The molecule has 3 aromatic carbocycles. The second-order valence-corrected chi connectivity index (χ2v) is 12.6. The van der Waals surface area contributed by atoms with E-state index in [0.29, 0.717) is 11.6 Å². The van der Waals surface area contributed by atoms with E-state index in [-0.39, 0.29) is 25.6 Å². The number of imidazole rings is 1. The van der Waals surface area contributed by atoms with Gasteiger partial charge in [0.1, 0.15) is 0 Å². The molecule has 0 N–H and O–H groups in total. The third-order valence-electron chi connectivity index (χ3n) is 9.39. The van der Waals surface area contributed by atoms with Crippen LogP contribution >= 0.6 is 0 Å². The predicted octanol–water partition coefficient (Wildman–Crippen LogP) is 9.97. The SMILES string of the molecule is CC1(C)C(C2CCCC2)=Cc2cccc3nc(-c4[c-]cccc4)n1c23.Cc1ccc2c(n1)oc1c(-c3ccccn3)[c-]ccc12.[Ir]. The monoisotopic (exact) mass is 779 g/mol. The maximum Gasteiger partial charge on any atom is 0.216 e. The summed E-state index contributed by atoms with van der Waals surface area (Å²) in [7, 11) is 0. The molecule has 2 aliphatic rings. The number of aromatic nitrogens is 4. The van der Waals surface area contributed by atoms with Crippen LogP contribution in [0.15, 0.2) is 101 Å². The molecule has 0 spiro atoms. The molecule has 0 atom stereocenters. The molecule has 1 fully saturated rings. The number of nitrogens with zero attached hydrogens (tertiary/aromatic N) is 4. The Balaban J connectivity index is 0.000000147. The van der Waals surface area contributed by atoms with E-state index in [1.807, 2.05) is 61.5 Å². The smallest absolute Gasteiger partial charge is 0.216 e. The van der Waals surface area contributed by atoms with E-state index in [0.717, 1.165) is 50.2 Å². The first-order chi connectivity index (χ1) is 22.0. The number of hydrogen-bond acceptors (Lipinski definition) is 4. The van der Waals surface area contributed by atoms with Crippen molar-refractivity contribution in [3.63, 3.8) is 0 Å². The molecular formula is C40H34IrN4O-2. The van der Waals surface area contributed by atoms with E-state index in [1.165, 1.54) is 36.8 Å². The van der Waals surface area contributed by atoms with Gasteiger partial charge in [0.05, 0.1) is 28.0 Å². The van der Waals surface area contributed by atoms with Gasteiger partial charge in [-0.15, -0.1) is 54.1 Å². The van der Waals surface area contributed by atoms with Crippen molar-refractivity contribution in [2.45, 2.75) is 52.0 Å². The number of benzene rings is 3. The Hall–Kier alpha value is -4.38. The summed E-state index contributed by atoms with van der Waals surface area (Å²) in [5, 5.41) is 2.07. The van der Waals surface area contributed by atoms with Gasteiger partial charge in [0, 0.05) is 37.4 Å². The molecular weight excluding hydrogens is 745 g/mol. The number of rotatable bonds is 3. The molecule has 6 heteroatoms. The van der Waals surface area contributed by atoms with Crippen LogP contribution in [0.25, 0.3) is 61.8 Å². The normalized spacial score (nSPS) is 15.4. The molecule has 5 nitrogen and oxygen atoms in total. The van der Waals surface area contributed by atoms with Crippen LogP contribution in [0, 0.1) is 25.0 Å². The van der Waals surface area contributed by atoms with Crippen LogP contribution in [0.2, 0.25) is 0 Å². The fourth-order valence-electron chi connectivity index (χ4n) is 7.27. The van der Waals surface area contributed by atoms with Gasteiger partial charge in [-0.3, -0.25) is 4.98 Å². The van der Waals surface area contributed by atoms with Gasteiger partial charge in [0.25, 0.3) is 0 Å². The van der Waals surface area contributed by atoms with Crippen LogP contribution in [0.1, 0.15) is 50.8 Å². The Bertz CT molecular complexity index is 2210. The van der Waals surface area contributed by atoms with E-state index in [4.69, 9.17) is 9.40 Å². The molecule has 7 aromatic rings. The predicted molar refractivity (Wildman–Crippen MR) is 182 cm³/mol. The Morgan fingerprint density at radius 1 is 0.848 bits per heavy atom. The van der Waals surface area contributed by atoms with Crippen LogP contribution in [-0.4, -0.2) is 19.5 Å². The zero-order valence-corrected chi connectivity index (χ0v) is 28.6. The Morgan fingerprint density at radius 2 is 1.70 bits per heavy atom. The summed E-state index contributed by atoms with van der Waals surface area (Å²) in [6.45, 7) is 6.68. The minimum absolute atomic E-state index is 0. The molecule has 4 aromatic heterocycles. The van der Waals surface area contributed by atoms with Crippen LogP contribution < -0.4 is 0 Å². The summed E-state index contributed by atoms with van der Waals surface area (Å²) in [5.74, 6) is 1.74. The van der Waals surface area contributed by atoms with Crippen molar-refractivity contribution in [3.05, 3.63) is 120 Å². The Kier molecular flexibility index (Phi) is 7.96. The first-order valence-electron chi connectivity index (χ1n) is 15.8. The number of aryl methyl sites for hydroxylation is 1. The maximum absolute atomic E-state index is 5.94. The van der Waals surface area contributed by atoms with Crippen molar-refractivity contribution in [2.75, 3.05) is 0 Å². The topological polar surface area (TPSA) is 56.7 Å². The number of para-hydroxylation sites is 1. The molecule has 9 rings (SSSR count). The van der Waals surface area contributed by atoms with Gasteiger partial charge in [-0.05, 0) is 80.6 Å². The van der Waals surface area contributed by atoms with Gasteiger partial charge < -0.3 is 14.0 Å². The van der Waals surface area contributed by atoms with Crippen LogP contribution in [0.4, 0.5) is 0 Å². The van der Waals surface area contributed by atoms with Crippen molar-refractivity contribution in [1.82, 2.24) is 19.5 Å². The molecule has 0 saturated heterocycles. The average Bonchev–Trinajstić information content (AvgIpc) is 3.82. The molecule has 0 amide bonds. The summed E-state index contributed by atoms with van der Waals surface area (Å²) in [6, 6.07) is 35.1. The molecule has 46 heavy (non-hydrogen) atoms. The largest absolute Gasteiger partial charge is 0.486 e. The summed E-state index contributed by atoms with van der Waals surface area (Å²) in [4.78, 5) is 13.8. The first-order valence-corrected chi connectivity index (χ1v) is 15.8. The zero-order chi connectivity index (χ0) is 30.5. The van der Waals surface area contributed by atoms with E-state index >= 15 is 0 Å². The fourth-order valence-corrected chi connectivity index (χ4v) is 7.27. The summed E-state index contributed by atoms with van der Waals surface area (Å²) < 4.78 is 8.41. The minimum Gasteiger partial charge on any atom is -0.486 e. The van der Waals surface area contributed by atoms with Gasteiger partial charge in [-0.1, -0.05) is 54.1 Å². The molecule has 1 radical (unpaired) electrons. The first kappa shape index (κ1) is 30.3. The Morgan fingerprint density at radius 3 is 2.48 bits per heavy atom. The van der Waals surface area contributed by atoms with Crippen molar-refractivity contribution >= 4 is 39.2 Å². The van der Waals surface area contributed by atoms with Crippen LogP contribution in [0.3, 0.4) is 0 Å². The van der Waals surface area contributed by atoms with Crippen LogP contribution in [0.5, 0.6) is 0 Å². The van der Waals surface area contributed by atoms with E-state index < -0.39 is 0 Å². The van der Waals surface area contributed by atoms with E-state index in [2.05, 4.69) is 76.9 Å². The second-order valence-electron chi connectivity index (χ2n) is 12.6. The maximum atomic E-state index is 5.94. The molecule has 1 aliphatic heterocycles. The van der Waals surface area contributed by atoms with Gasteiger partial charge >= 0.3 is 0 Å². The minimum atomic E-state index is -0.0584. The number of hydrogen-bond donors (Lipinski definition) is 0. The van der Waals surface area contributed by atoms with Crippen molar-refractivity contribution < 1.29 is 24.5 Å². The molecule has 0 unspecified atom stereocenters. The number of fused-ring (bicyclic) bond motifs is 3. The number of allylic oxidation sites excluding steroid dienone is 1.